The molecule has 0 saturated carbocycles. The molecule has 0 aromatic heterocycles. The van der Waals surface area contributed by atoms with E-state index in [-0.39, 0.29) is 0 Å². The van der Waals surface area contributed by atoms with Crippen molar-refractivity contribution in [3.05, 3.63) is 66.2 Å². The number of hydrogen-bond acceptors (Lipinski definition) is 1. The van der Waals surface area contributed by atoms with Gasteiger partial charge in [0, 0.05) is 11.7 Å². The van der Waals surface area contributed by atoms with Crippen molar-refractivity contribution in [1.29, 1.82) is 0 Å². The molecule has 0 saturated heterocycles. The van der Waals surface area contributed by atoms with Crippen LogP contribution < -0.4 is 5.32 Å². The van der Waals surface area contributed by atoms with Crippen LogP contribution in [0.4, 0.5) is 5.69 Å². The van der Waals surface area contributed by atoms with Gasteiger partial charge in [-0.1, -0.05) is 36.4 Å². The van der Waals surface area contributed by atoms with E-state index in [2.05, 4.69) is 61.3 Å². The molecule has 1 aliphatic carbocycles. The molecule has 1 heteroatoms. The summed E-state index contributed by atoms with van der Waals surface area (Å²) in [6.45, 7) is 6.01. The zero-order chi connectivity index (χ0) is 13.9. The summed E-state index contributed by atoms with van der Waals surface area (Å²) in [7, 11) is 0. The summed E-state index contributed by atoms with van der Waals surface area (Å²) < 4.78 is 0. The van der Waals surface area contributed by atoms with Gasteiger partial charge >= 0.3 is 0 Å². The van der Waals surface area contributed by atoms with E-state index in [1.807, 2.05) is 6.08 Å². The molecule has 1 atom stereocenters. The Labute approximate surface area is 121 Å². The Kier molecular flexibility index (Phi) is 3.60. The largest absolute Gasteiger partial charge is 0.383 e. The highest BCUT2D eigenvalue weighted by molar-refractivity contribution is 5.78. The first-order valence-electron chi connectivity index (χ1n) is 7.36. The second-order valence-electron chi connectivity index (χ2n) is 5.62. The van der Waals surface area contributed by atoms with E-state index in [9.17, 15) is 0 Å². The summed E-state index contributed by atoms with van der Waals surface area (Å²) in [6, 6.07) is 15.9. The van der Waals surface area contributed by atoms with Gasteiger partial charge in [0.1, 0.15) is 0 Å². The van der Waals surface area contributed by atoms with Crippen molar-refractivity contribution in [2.75, 3.05) is 5.32 Å². The normalized spacial score (nSPS) is 13.4. The lowest BCUT2D eigenvalue weighted by atomic mass is 10.1. The van der Waals surface area contributed by atoms with E-state index in [0.29, 0.717) is 6.04 Å². The maximum Gasteiger partial charge on any atom is 0.0345 e. The molecule has 1 nitrogen and oxygen atoms in total. The molecule has 0 amide bonds. The summed E-state index contributed by atoms with van der Waals surface area (Å²) in [5.41, 5.74) is 6.90. The second-order valence-corrected chi connectivity index (χ2v) is 5.62. The molecular formula is C19H21N. The summed E-state index contributed by atoms with van der Waals surface area (Å²) in [6.07, 6.45) is 5.23. The zero-order valence-electron chi connectivity index (χ0n) is 12.0. The average molecular weight is 263 g/mol. The van der Waals surface area contributed by atoms with Gasteiger partial charge in [-0.3, -0.25) is 0 Å². The SMILES string of the molecule is C=CCCC(C)Nc1ccc2c(c1)Cc1ccccc1-2. The van der Waals surface area contributed by atoms with Gasteiger partial charge in [0.25, 0.3) is 0 Å². The van der Waals surface area contributed by atoms with Crippen molar-refractivity contribution >= 4 is 5.69 Å². The van der Waals surface area contributed by atoms with Crippen LogP contribution in [-0.2, 0) is 6.42 Å². The molecule has 0 fully saturated rings. The lowest BCUT2D eigenvalue weighted by Gasteiger charge is -2.15. The number of fused-ring (bicyclic) bond motifs is 3. The number of hydrogen-bond donors (Lipinski definition) is 1. The highest BCUT2D eigenvalue weighted by Gasteiger charge is 2.17. The number of benzene rings is 2. The Hall–Kier alpha value is -2.02. The maximum atomic E-state index is 3.78. The van der Waals surface area contributed by atoms with Crippen molar-refractivity contribution in [2.24, 2.45) is 0 Å². The molecule has 2 aromatic rings. The van der Waals surface area contributed by atoms with Crippen molar-refractivity contribution in [3.8, 4) is 11.1 Å². The molecule has 3 rings (SSSR count). The number of allylic oxidation sites excluding steroid dienone is 1. The van der Waals surface area contributed by atoms with Crippen molar-refractivity contribution in [3.63, 3.8) is 0 Å². The Balaban J connectivity index is 1.78. The predicted molar refractivity (Wildman–Crippen MR) is 87.2 cm³/mol. The third-order valence-electron chi connectivity index (χ3n) is 4.01. The van der Waals surface area contributed by atoms with Gasteiger partial charge in [-0.2, -0.15) is 0 Å². The second kappa shape index (κ2) is 5.54. The molecule has 0 bridgehead atoms. The molecule has 0 radical (unpaired) electrons. The quantitative estimate of drug-likeness (QED) is 0.637. The van der Waals surface area contributed by atoms with E-state index in [1.54, 1.807) is 0 Å². The Morgan fingerprint density at radius 2 is 1.95 bits per heavy atom. The molecular weight excluding hydrogens is 242 g/mol. The van der Waals surface area contributed by atoms with Crippen LogP contribution in [0.25, 0.3) is 11.1 Å². The molecule has 0 aliphatic heterocycles. The lowest BCUT2D eigenvalue weighted by Crippen LogP contribution is -2.14. The fourth-order valence-electron chi connectivity index (χ4n) is 2.96. The average Bonchev–Trinajstić information content (AvgIpc) is 2.82. The Morgan fingerprint density at radius 1 is 1.15 bits per heavy atom. The van der Waals surface area contributed by atoms with E-state index >= 15 is 0 Å². The van der Waals surface area contributed by atoms with Gasteiger partial charge in [0.15, 0.2) is 0 Å². The predicted octanol–water partition coefficient (Wildman–Crippen LogP) is 5.02. The van der Waals surface area contributed by atoms with Crippen LogP contribution in [0.1, 0.15) is 30.9 Å². The molecule has 1 N–H and O–H groups in total. The zero-order valence-corrected chi connectivity index (χ0v) is 12.0. The molecule has 1 aliphatic rings. The Morgan fingerprint density at radius 3 is 2.80 bits per heavy atom. The maximum absolute atomic E-state index is 3.78. The first kappa shape index (κ1) is 13.0. The van der Waals surface area contributed by atoms with Crippen LogP contribution >= 0.6 is 0 Å². The van der Waals surface area contributed by atoms with Gasteiger partial charge in [-0.05, 0) is 60.6 Å². The standard InChI is InChI=1S/C19H21N/c1-3-4-7-14(2)20-17-10-11-19-16(13-17)12-15-8-5-6-9-18(15)19/h3,5-6,8-11,13-14,20H,1,4,7,12H2,2H3. The van der Waals surface area contributed by atoms with Crippen molar-refractivity contribution < 1.29 is 0 Å². The number of anilines is 1. The van der Waals surface area contributed by atoms with Crippen LogP contribution in [0, 0.1) is 0 Å². The highest BCUT2D eigenvalue weighted by Crippen LogP contribution is 2.37. The Bertz CT molecular complexity index is 627. The molecule has 102 valence electrons. The van der Waals surface area contributed by atoms with Crippen LogP contribution in [0.2, 0.25) is 0 Å². The first-order valence-corrected chi connectivity index (χ1v) is 7.36. The third kappa shape index (κ3) is 2.49. The summed E-state index contributed by atoms with van der Waals surface area (Å²) >= 11 is 0. The van der Waals surface area contributed by atoms with E-state index in [1.165, 1.54) is 27.9 Å². The minimum absolute atomic E-state index is 0.481. The molecule has 1 unspecified atom stereocenters. The number of nitrogens with one attached hydrogen (secondary N) is 1. The van der Waals surface area contributed by atoms with Crippen molar-refractivity contribution in [2.45, 2.75) is 32.2 Å². The number of rotatable bonds is 5. The highest BCUT2D eigenvalue weighted by atomic mass is 14.9. The molecule has 2 aromatic carbocycles. The minimum Gasteiger partial charge on any atom is -0.383 e. The molecule has 20 heavy (non-hydrogen) atoms. The summed E-state index contributed by atoms with van der Waals surface area (Å²) in [5.74, 6) is 0. The minimum atomic E-state index is 0.481. The van der Waals surface area contributed by atoms with Crippen LogP contribution in [0.5, 0.6) is 0 Å². The van der Waals surface area contributed by atoms with Gasteiger partial charge in [-0.15, -0.1) is 6.58 Å². The van der Waals surface area contributed by atoms with Gasteiger partial charge in [0.05, 0.1) is 0 Å². The van der Waals surface area contributed by atoms with Crippen LogP contribution in [-0.4, -0.2) is 6.04 Å². The van der Waals surface area contributed by atoms with Crippen molar-refractivity contribution in [1.82, 2.24) is 0 Å². The smallest absolute Gasteiger partial charge is 0.0345 e. The fourth-order valence-corrected chi connectivity index (χ4v) is 2.96. The van der Waals surface area contributed by atoms with Crippen LogP contribution in [0.3, 0.4) is 0 Å². The molecule has 0 heterocycles. The molecule has 0 spiro atoms. The van der Waals surface area contributed by atoms with E-state index < -0.39 is 0 Å². The lowest BCUT2D eigenvalue weighted by molar-refractivity contribution is 0.719. The van der Waals surface area contributed by atoms with Gasteiger partial charge in [0.2, 0.25) is 0 Å². The van der Waals surface area contributed by atoms with Gasteiger partial charge in [-0.25, -0.2) is 0 Å². The van der Waals surface area contributed by atoms with Gasteiger partial charge < -0.3 is 5.32 Å². The summed E-state index contributed by atoms with van der Waals surface area (Å²) in [5, 5.41) is 3.59. The van der Waals surface area contributed by atoms with E-state index in [0.717, 1.165) is 19.3 Å². The summed E-state index contributed by atoms with van der Waals surface area (Å²) in [4.78, 5) is 0. The van der Waals surface area contributed by atoms with Crippen LogP contribution in [0.15, 0.2) is 55.1 Å². The first-order chi connectivity index (χ1) is 9.78. The monoisotopic (exact) mass is 263 g/mol. The third-order valence-corrected chi connectivity index (χ3v) is 4.01. The topological polar surface area (TPSA) is 12.0 Å². The van der Waals surface area contributed by atoms with E-state index in [4.69, 9.17) is 0 Å². The fraction of sp³-hybridized carbons (Fsp3) is 0.263.